The first-order chi connectivity index (χ1) is 18.2. The molecule has 0 spiro atoms. The van der Waals surface area contributed by atoms with Crippen LogP contribution in [-0.2, 0) is 29.0 Å². The highest BCUT2D eigenvalue weighted by Crippen LogP contribution is 2.31. The lowest BCUT2D eigenvalue weighted by Crippen LogP contribution is -2.54. The first-order valence-electron chi connectivity index (χ1n) is 13.0. The zero-order valence-corrected chi connectivity index (χ0v) is 23.8. The Balaban J connectivity index is 1.61. The van der Waals surface area contributed by atoms with E-state index in [1.807, 2.05) is 93.6 Å². The number of benzene rings is 3. The lowest BCUT2D eigenvalue weighted by molar-refractivity contribution is -0.141. The number of nitrogens with zero attached hydrogens (tertiary/aromatic N) is 1. The van der Waals surface area contributed by atoms with E-state index in [-0.39, 0.29) is 18.2 Å². The molecule has 7 heteroatoms. The maximum atomic E-state index is 13.9. The number of ether oxygens (including phenoxy) is 2. The summed E-state index contributed by atoms with van der Waals surface area (Å²) in [6.45, 7) is 7.23. The fraction of sp³-hybridized carbons (Fsp3) is 0.355. The maximum Gasteiger partial charge on any atom is 0.243 e. The summed E-state index contributed by atoms with van der Waals surface area (Å²) < 4.78 is 12.3. The number of halogens is 1. The number of fused-ring (bicyclic) bond motifs is 1. The summed E-state index contributed by atoms with van der Waals surface area (Å²) in [5.41, 5.74) is 2.51. The number of carbonyl (C=O) groups is 2. The normalized spacial score (nSPS) is 13.5. The Kier molecular flexibility index (Phi) is 9.10. The minimum Gasteiger partial charge on any atom is -0.486 e. The van der Waals surface area contributed by atoms with Gasteiger partial charge in [0.2, 0.25) is 11.8 Å². The van der Waals surface area contributed by atoms with Gasteiger partial charge in [-0.25, -0.2) is 0 Å². The highest BCUT2D eigenvalue weighted by atomic mass is 79.9. The van der Waals surface area contributed by atoms with Crippen molar-refractivity contribution < 1.29 is 19.1 Å². The smallest absolute Gasteiger partial charge is 0.243 e. The molecule has 0 saturated carbocycles. The van der Waals surface area contributed by atoms with E-state index >= 15 is 0 Å². The third-order valence-corrected chi connectivity index (χ3v) is 6.74. The van der Waals surface area contributed by atoms with Gasteiger partial charge in [0.15, 0.2) is 11.5 Å². The monoisotopic (exact) mass is 578 g/mol. The number of rotatable bonds is 9. The minimum absolute atomic E-state index is 0.0788. The fourth-order valence-electron chi connectivity index (χ4n) is 4.48. The summed E-state index contributed by atoms with van der Waals surface area (Å²) in [6.07, 6.45) is 1.22. The number of carbonyl (C=O) groups excluding carboxylic acids is 2. The lowest BCUT2D eigenvalue weighted by Gasteiger charge is -2.34. The maximum absolute atomic E-state index is 13.9. The van der Waals surface area contributed by atoms with Gasteiger partial charge in [-0.1, -0.05) is 64.5 Å². The number of hydrogen-bond donors (Lipinski definition) is 1. The molecule has 0 fully saturated rings. The summed E-state index contributed by atoms with van der Waals surface area (Å²) in [5, 5.41) is 3.11. The van der Waals surface area contributed by atoms with Gasteiger partial charge < -0.3 is 19.7 Å². The van der Waals surface area contributed by atoms with Crippen LogP contribution >= 0.6 is 15.9 Å². The van der Waals surface area contributed by atoms with Crippen LogP contribution in [0.5, 0.6) is 11.5 Å². The van der Waals surface area contributed by atoms with Gasteiger partial charge in [-0.3, -0.25) is 9.59 Å². The van der Waals surface area contributed by atoms with Crippen molar-refractivity contribution in [2.24, 2.45) is 0 Å². The molecule has 0 saturated heterocycles. The van der Waals surface area contributed by atoms with Gasteiger partial charge in [-0.15, -0.1) is 0 Å². The van der Waals surface area contributed by atoms with Crippen molar-refractivity contribution in [2.75, 3.05) is 13.2 Å². The van der Waals surface area contributed by atoms with E-state index in [2.05, 4.69) is 21.2 Å². The van der Waals surface area contributed by atoms with E-state index in [0.29, 0.717) is 38.3 Å². The van der Waals surface area contributed by atoms with Crippen LogP contribution in [0.3, 0.4) is 0 Å². The Morgan fingerprint density at radius 3 is 2.32 bits per heavy atom. The highest BCUT2D eigenvalue weighted by Gasteiger charge is 2.32. The molecule has 6 nitrogen and oxygen atoms in total. The number of amides is 2. The Bertz CT molecular complexity index is 1260. The molecule has 200 valence electrons. The van der Waals surface area contributed by atoms with Crippen LogP contribution in [-0.4, -0.2) is 41.5 Å². The van der Waals surface area contributed by atoms with E-state index in [9.17, 15) is 9.59 Å². The van der Waals surface area contributed by atoms with Gasteiger partial charge in [-0.2, -0.15) is 0 Å². The fourth-order valence-corrected chi connectivity index (χ4v) is 4.92. The Labute approximate surface area is 233 Å². The van der Waals surface area contributed by atoms with Gasteiger partial charge in [0, 0.05) is 29.4 Å². The Hall–Kier alpha value is -3.32. The van der Waals surface area contributed by atoms with E-state index in [0.717, 1.165) is 26.9 Å². The standard InChI is InChI=1S/C31H35BrN2O4/c1-31(2,3)33-30(36)26(19-22-8-5-4-6-9-22)34(21-24-10-7-11-25(32)18-24)29(35)15-13-23-12-14-27-28(20-23)38-17-16-37-27/h4-12,14,18,20,26H,13,15-17,19,21H2,1-3H3,(H,33,36)/t26-/m0/s1. The summed E-state index contributed by atoms with van der Waals surface area (Å²) in [5.74, 6) is 1.19. The second-order valence-corrected chi connectivity index (χ2v) is 11.5. The van der Waals surface area contributed by atoms with Crippen molar-refractivity contribution in [1.82, 2.24) is 10.2 Å². The second-order valence-electron chi connectivity index (χ2n) is 10.6. The van der Waals surface area contributed by atoms with Gasteiger partial charge in [0.05, 0.1) is 0 Å². The molecule has 1 heterocycles. The van der Waals surface area contributed by atoms with Crippen LogP contribution in [0.25, 0.3) is 0 Å². The largest absolute Gasteiger partial charge is 0.486 e. The van der Waals surface area contributed by atoms with Crippen molar-refractivity contribution in [3.05, 3.63) is 94.0 Å². The first kappa shape index (κ1) is 27.7. The van der Waals surface area contributed by atoms with Gasteiger partial charge in [0.1, 0.15) is 19.3 Å². The molecule has 4 rings (SSSR count). The van der Waals surface area contributed by atoms with Crippen LogP contribution in [0.4, 0.5) is 0 Å². The Morgan fingerprint density at radius 2 is 1.61 bits per heavy atom. The third kappa shape index (κ3) is 7.84. The van der Waals surface area contributed by atoms with Crippen LogP contribution in [0.2, 0.25) is 0 Å². The molecule has 0 radical (unpaired) electrons. The number of hydrogen-bond acceptors (Lipinski definition) is 4. The molecular weight excluding hydrogens is 544 g/mol. The van der Waals surface area contributed by atoms with E-state index in [1.165, 1.54) is 0 Å². The molecule has 1 N–H and O–H groups in total. The van der Waals surface area contributed by atoms with Crippen LogP contribution < -0.4 is 14.8 Å². The minimum atomic E-state index is -0.664. The molecule has 2 amide bonds. The zero-order chi connectivity index (χ0) is 27.1. The Morgan fingerprint density at radius 1 is 0.895 bits per heavy atom. The van der Waals surface area contributed by atoms with Crippen LogP contribution in [0.15, 0.2) is 77.3 Å². The van der Waals surface area contributed by atoms with Crippen molar-refractivity contribution in [1.29, 1.82) is 0 Å². The first-order valence-corrected chi connectivity index (χ1v) is 13.8. The third-order valence-electron chi connectivity index (χ3n) is 6.25. The molecule has 0 unspecified atom stereocenters. The zero-order valence-electron chi connectivity index (χ0n) is 22.2. The van der Waals surface area contributed by atoms with E-state index in [4.69, 9.17) is 9.47 Å². The van der Waals surface area contributed by atoms with Crippen molar-refractivity contribution in [3.8, 4) is 11.5 Å². The average molecular weight is 580 g/mol. The molecular formula is C31H35BrN2O4. The van der Waals surface area contributed by atoms with Crippen molar-refractivity contribution >= 4 is 27.7 Å². The topological polar surface area (TPSA) is 67.9 Å². The molecule has 1 aliphatic rings. The van der Waals surface area contributed by atoms with Crippen LogP contribution in [0.1, 0.15) is 43.9 Å². The molecule has 3 aromatic rings. The van der Waals surface area contributed by atoms with Crippen molar-refractivity contribution in [2.45, 2.75) is 58.2 Å². The molecule has 1 aliphatic heterocycles. The van der Waals surface area contributed by atoms with Gasteiger partial charge in [-0.05, 0) is 68.1 Å². The predicted molar refractivity (Wildman–Crippen MR) is 152 cm³/mol. The van der Waals surface area contributed by atoms with E-state index in [1.54, 1.807) is 4.90 Å². The number of nitrogens with one attached hydrogen (secondary N) is 1. The SMILES string of the molecule is CC(C)(C)NC(=O)[C@H](Cc1ccccc1)N(Cc1cccc(Br)c1)C(=O)CCc1ccc2c(c1)OCCO2. The van der Waals surface area contributed by atoms with Crippen molar-refractivity contribution in [3.63, 3.8) is 0 Å². The van der Waals surface area contributed by atoms with Gasteiger partial charge >= 0.3 is 0 Å². The molecule has 0 aromatic heterocycles. The number of aryl methyl sites for hydroxylation is 1. The molecule has 0 bridgehead atoms. The van der Waals surface area contributed by atoms with Crippen LogP contribution in [0, 0.1) is 0 Å². The summed E-state index contributed by atoms with van der Waals surface area (Å²) in [7, 11) is 0. The summed E-state index contributed by atoms with van der Waals surface area (Å²) >= 11 is 3.54. The predicted octanol–water partition coefficient (Wildman–Crippen LogP) is 5.71. The molecule has 0 aliphatic carbocycles. The quantitative estimate of drug-likeness (QED) is 0.353. The summed E-state index contributed by atoms with van der Waals surface area (Å²) in [6, 6.07) is 22.8. The molecule has 38 heavy (non-hydrogen) atoms. The molecule has 3 aromatic carbocycles. The molecule has 1 atom stereocenters. The highest BCUT2D eigenvalue weighted by molar-refractivity contribution is 9.10. The summed E-state index contributed by atoms with van der Waals surface area (Å²) in [4.78, 5) is 29.3. The lowest BCUT2D eigenvalue weighted by atomic mass is 9.99. The van der Waals surface area contributed by atoms with E-state index < -0.39 is 11.6 Å². The average Bonchev–Trinajstić information content (AvgIpc) is 2.89. The second kappa shape index (κ2) is 12.5. The van der Waals surface area contributed by atoms with Gasteiger partial charge in [0.25, 0.3) is 0 Å².